The molecule has 3 aromatic rings. The van der Waals surface area contributed by atoms with Crippen molar-refractivity contribution in [2.75, 3.05) is 13.1 Å². The number of hydrogen-bond donors (Lipinski definition) is 1. The SMILES string of the molecule is Cc1ccsc1C(=O)[C@@H]1CCCN(S(=O)(=O)c2ccc3[nH]c(=O)sc3c2)C1. The topological polar surface area (TPSA) is 87.3 Å². The van der Waals surface area contributed by atoms with E-state index >= 15 is 0 Å². The Hall–Kier alpha value is -1.81. The number of fused-ring (bicyclic) bond motifs is 1. The number of aromatic amines is 1. The van der Waals surface area contributed by atoms with Gasteiger partial charge < -0.3 is 4.98 Å². The highest BCUT2D eigenvalue weighted by atomic mass is 32.2. The summed E-state index contributed by atoms with van der Waals surface area (Å²) in [4.78, 5) is 27.6. The molecule has 1 fully saturated rings. The second-order valence-corrected chi connectivity index (χ2v) is 10.5. The van der Waals surface area contributed by atoms with Gasteiger partial charge in [0.15, 0.2) is 5.78 Å². The van der Waals surface area contributed by atoms with Crippen molar-refractivity contribution in [1.82, 2.24) is 9.29 Å². The van der Waals surface area contributed by atoms with Gasteiger partial charge >= 0.3 is 4.87 Å². The molecule has 0 bridgehead atoms. The van der Waals surface area contributed by atoms with Crippen LogP contribution >= 0.6 is 22.7 Å². The van der Waals surface area contributed by atoms with Crippen molar-refractivity contribution in [2.45, 2.75) is 24.7 Å². The van der Waals surface area contributed by atoms with Crippen LogP contribution in [0, 0.1) is 12.8 Å². The fourth-order valence-electron chi connectivity index (χ4n) is 3.42. The van der Waals surface area contributed by atoms with Gasteiger partial charge in [0.2, 0.25) is 10.0 Å². The summed E-state index contributed by atoms with van der Waals surface area (Å²) in [5.74, 6) is -0.292. The predicted octanol–water partition coefficient (Wildman–Crippen LogP) is 3.24. The van der Waals surface area contributed by atoms with Crippen LogP contribution in [0.1, 0.15) is 28.1 Å². The number of ketones is 1. The number of thiazole rings is 1. The van der Waals surface area contributed by atoms with Crippen LogP contribution in [0.3, 0.4) is 0 Å². The standard InChI is InChI=1S/C18H18N2O4S3/c1-11-6-8-25-17(11)16(21)12-3-2-7-20(10-12)27(23,24)13-4-5-14-15(9-13)26-18(22)19-14/h4-6,8-9,12H,2-3,7,10H2,1H3,(H,19,22)/t12-/m1/s1. The highest BCUT2D eigenvalue weighted by molar-refractivity contribution is 7.89. The molecule has 1 aliphatic heterocycles. The van der Waals surface area contributed by atoms with E-state index in [2.05, 4.69) is 4.98 Å². The van der Waals surface area contributed by atoms with E-state index in [1.807, 2.05) is 18.4 Å². The maximum atomic E-state index is 13.1. The first-order valence-corrected chi connectivity index (χ1v) is 11.7. The first kappa shape index (κ1) is 18.5. The van der Waals surface area contributed by atoms with Crippen LogP contribution in [0.15, 0.2) is 39.3 Å². The summed E-state index contributed by atoms with van der Waals surface area (Å²) >= 11 is 2.40. The van der Waals surface area contributed by atoms with E-state index in [1.165, 1.54) is 27.8 Å². The zero-order valence-corrected chi connectivity index (χ0v) is 17.0. The first-order chi connectivity index (χ1) is 12.9. The molecule has 6 nitrogen and oxygen atoms in total. The number of carbonyl (C=O) groups is 1. The molecule has 1 atom stereocenters. The van der Waals surface area contributed by atoms with Crippen molar-refractivity contribution in [3.8, 4) is 0 Å². The first-order valence-electron chi connectivity index (χ1n) is 8.57. The Balaban J connectivity index is 1.61. The molecule has 0 unspecified atom stereocenters. The number of rotatable bonds is 4. The van der Waals surface area contributed by atoms with E-state index in [4.69, 9.17) is 0 Å². The normalized spacial score (nSPS) is 18.8. The van der Waals surface area contributed by atoms with E-state index in [1.54, 1.807) is 6.07 Å². The Kier molecular flexibility index (Phi) is 4.79. The largest absolute Gasteiger partial charge is 0.312 e. The van der Waals surface area contributed by atoms with E-state index in [0.717, 1.165) is 21.8 Å². The molecule has 1 aromatic carbocycles. The molecule has 0 spiro atoms. The second-order valence-electron chi connectivity index (χ2n) is 6.67. The summed E-state index contributed by atoms with van der Waals surface area (Å²) in [7, 11) is -3.71. The minimum atomic E-state index is -3.71. The highest BCUT2D eigenvalue weighted by Gasteiger charge is 2.34. The minimum Gasteiger partial charge on any atom is -0.312 e. The summed E-state index contributed by atoms with van der Waals surface area (Å²) in [6.45, 7) is 2.50. The van der Waals surface area contributed by atoms with E-state index in [-0.39, 0.29) is 28.0 Å². The van der Waals surface area contributed by atoms with Crippen LogP contribution in [0.4, 0.5) is 0 Å². The minimum absolute atomic E-state index is 0.0294. The number of nitrogens with zero attached hydrogens (tertiary/aromatic N) is 1. The van der Waals surface area contributed by atoms with Crippen LogP contribution in [0.5, 0.6) is 0 Å². The molecule has 142 valence electrons. The molecule has 0 radical (unpaired) electrons. The summed E-state index contributed by atoms with van der Waals surface area (Å²) in [5, 5.41) is 1.89. The van der Waals surface area contributed by atoms with Crippen molar-refractivity contribution >= 4 is 48.7 Å². The fraction of sp³-hybridized carbons (Fsp3) is 0.333. The van der Waals surface area contributed by atoms with Gasteiger partial charge in [0.05, 0.1) is 20.0 Å². The maximum absolute atomic E-state index is 13.1. The van der Waals surface area contributed by atoms with E-state index in [9.17, 15) is 18.0 Å². The summed E-state index contributed by atoms with van der Waals surface area (Å²) in [5.41, 5.74) is 1.57. The Labute approximate surface area is 164 Å². The molecule has 9 heteroatoms. The average molecular weight is 423 g/mol. The van der Waals surface area contributed by atoms with Gasteiger partial charge in [-0.25, -0.2) is 8.42 Å². The number of benzene rings is 1. The third-order valence-corrected chi connectivity index (χ3v) is 8.61. The van der Waals surface area contributed by atoms with Crippen molar-refractivity contribution in [3.05, 3.63) is 49.8 Å². The fourth-order valence-corrected chi connectivity index (χ4v) is 6.77. The Bertz CT molecular complexity index is 1170. The van der Waals surface area contributed by atoms with E-state index in [0.29, 0.717) is 29.6 Å². The van der Waals surface area contributed by atoms with Gasteiger partial charge in [-0.3, -0.25) is 9.59 Å². The third-order valence-electron chi connectivity index (χ3n) is 4.87. The van der Waals surface area contributed by atoms with E-state index < -0.39 is 10.0 Å². The lowest BCUT2D eigenvalue weighted by Crippen LogP contribution is -2.42. The molecule has 0 saturated carbocycles. The van der Waals surface area contributed by atoms with Gasteiger partial charge in [0.1, 0.15) is 0 Å². The number of hydrogen-bond acceptors (Lipinski definition) is 6. The smallest absolute Gasteiger partial charge is 0.305 e. The summed E-state index contributed by atoms with van der Waals surface area (Å²) < 4.78 is 28.2. The lowest BCUT2D eigenvalue weighted by atomic mass is 9.93. The van der Waals surface area contributed by atoms with Crippen molar-refractivity contribution < 1.29 is 13.2 Å². The van der Waals surface area contributed by atoms with Gasteiger partial charge in [0, 0.05) is 19.0 Å². The molecule has 1 N–H and O–H groups in total. The van der Waals surface area contributed by atoms with Crippen LogP contribution in [0.25, 0.3) is 10.2 Å². The number of H-pyrrole nitrogens is 1. The van der Waals surface area contributed by atoms with Crippen LogP contribution < -0.4 is 4.87 Å². The number of aryl methyl sites for hydroxylation is 1. The third kappa shape index (κ3) is 3.40. The number of sulfonamides is 1. The molecule has 0 amide bonds. The van der Waals surface area contributed by atoms with Gasteiger partial charge in [-0.1, -0.05) is 11.3 Å². The van der Waals surface area contributed by atoms with Crippen LogP contribution in [-0.4, -0.2) is 36.6 Å². The highest BCUT2D eigenvalue weighted by Crippen LogP contribution is 2.29. The molecular formula is C18H18N2O4S3. The van der Waals surface area contributed by atoms with Crippen molar-refractivity contribution in [1.29, 1.82) is 0 Å². The molecule has 2 aromatic heterocycles. The monoisotopic (exact) mass is 422 g/mol. The average Bonchev–Trinajstić information content (AvgIpc) is 3.24. The van der Waals surface area contributed by atoms with Crippen molar-refractivity contribution in [2.24, 2.45) is 5.92 Å². The molecule has 1 saturated heterocycles. The zero-order valence-electron chi connectivity index (χ0n) is 14.6. The molecule has 3 heterocycles. The second kappa shape index (κ2) is 6.97. The number of thiophene rings is 1. The number of nitrogens with one attached hydrogen (secondary N) is 1. The quantitative estimate of drug-likeness (QED) is 0.654. The zero-order chi connectivity index (χ0) is 19.2. The van der Waals surface area contributed by atoms with Gasteiger partial charge in [-0.05, 0) is 55.0 Å². The Morgan fingerprint density at radius 3 is 2.85 bits per heavy atom. The number of carbonyl (C=O) groups excluding carboxylic acids is 1. The number of Topliss-reactive ketones (excluding diaryl/α,β-unsaturated/α-hetero) is 1. The molecule has 1 aliphatic rings. The van der Waals surface area contributed by atoms with Gasteiger partial charge in [-0.15, -0.1) is 11.3 Å². The lowest BCUT2D eigenvalue weighted by molar-refractivity contribution is 0.0876. The molecule has 27 heavy (non-hydrogen) atoms. The Morgan fingerprint density at radius 1 is 1.30 bits per heavy atom. The lowest BCUT2D eigenvalue weighted by Gasteiger charge is -2.31. The number of aromatic nitrogens is 1. The summed E-state index contributed by atoms with van der Waals surface area (Å²) in [6.07, 6.45) is 1.35. The molecular weight excluding hydrogens is 404 g/mol. The van der Waals surface area contributed by atoms with Crippen LogP contribution in [0.2, 0.25) is 0 Å². The number of piperidine rings is 1. The summed E-state index contributed by atoms with van der Waals surface area (Å²) in [6, 6.07) is 6.56. The maximum Gasteiger partial charge on any atom is 0.305 e. The Morgan fingerprint density at radius 2 is 2.11 bits per heavy atom. The van der Waals surface area contributed by atoms with Crippen LogP contribution in [-0.2, 0) is 10.0 Å². The predicted molar refractivity (Wildman–Crippen MR) is 107 cm³/mol. The van der Waals surface area contributed by atoms with Crippen molar-refractivity contribution in [3.63, 3.8) is 0 Å². The van der Waals surface area contributed by atoms with Gasteiger partial charge in [0.25, 0.3) is 0 Å². The molecule has 4 rings (SSSR count). The molecule has 0 aliphatic carbocycles. The van der Waals surface area contributed by atoms with Gasteiger partial charge in [-0.2, -0.15) is 4.31 Å².